The van der Waals surface area contributed by atoms with Gasteiger partial charge >= 0.3 is 0 Å². The fourth-order valence-electron chi connectivity index (χ4n) is 2.00. The molecule has 1 aromatic rings. The Morgan fingerprint density at radius 2 is 2.06 bits per heavy atom. The second-order valence-corrected chi connectivity index (χ2v) is 8.01. The molecule has 0 aliphatic rings. The lowest BCUT2D eigenvalue weighted by Crippen LogP contribution is -2.35. The van der Waals surface area contributed by atoms with Gasteiger partial charge in [-0.25, -0.2) is 0 Å². The standard InChI is InChI=1S/C15H26BrNS/c1-6-17-12(9-11(2)15(3,4)5)10-14-13(16)7-8-18-14/h7-8,11-12,17H,6,9-10H2,1-5H3. The summed E-state index contributed by atoms with van der Waals surface area (Å²) in [6, 6.07) is 2.73. The second-order valence-electron chi connectivity index (χ2n) is 6.15. The lowest BCUT2D eigenvalue weighted by Gasteiger charge is -2.31. The minimum atomic E-state index is 0.389. The van der Waals surface area contributed by atoms with Crippen LogP contribution in [-0.2, 0) is 6.42 Å². The number of rotatable bonds is 6. The normalized spacial score (nSPS) is 15.7. The first-order valence-corrected chi connectivity index (χ1v) is 8.47. The molecule has 0 saturated carbocycles. The van der Waals surface area contributed by atoms with Crippen LogP contribution >= 0.6 is 27.3 Å². The Kier molecular flexibility index (Phi) is 6.36. The van der Waals surface area contributed by atoms with Gasteiger partial charge in [-0.3, -0.25) is 0 Å². The van der Waals surface area contributed by atoms with E-state index < -0.39 is 0 Å². The molecule has 0 aromatic carbocycles. The average Bonchev–Trinajstić information content (AvgIpc) is 2.63. The number of thiophene rings is 1. The van der Waals surface area contributed by atoms with E-state index in [4.69, 9.17) is 0 Å². The Morgan fingerprint density at radius 1 is 1.39 bits per heavy atom. The topological polar surface area (TPSA) is 12.0 Å². The van der Waals surface area contributed by atoms with E-state index in [1.165, 1.54) is 15.8 Å². The number of halogens is 1. The van der Waals surface area contributed by atoms with Crippen molar-refractivity contribution in [2.24, 2.45) is 11.3 Å². The monoisotopic (exact) mass is 331 g/mol. The summed E-state index contributed by atoms with van der Waals surface area (Å²) in [5.74, 6) is 0.722. The number of nitrogens with one attached hydrogen (secondary N) is 1. The Hall–Kier alpha value is 0.140. The van der Waals surface area contributed by atoms with Crippen molar-refractivity contribution in [1.29, 1.82) is 0 Å². The van der Waals surface area contributed by atoms with Gasteiger partial charge in [0.15, 0.2) is 0 Å². The summed E-state index contributed by atoms with van der Waals surface area (Å²) in [4.78, 5) is 1.46. The van der Waals surface area contributed by atoms with Gasteiger partial charge in [0.25, 0.3) is 0 Å². The van der Waals surface area contributed by atoms with E-state index in [1.54, 1.807) is 0 Å². The van der Waals surface area contributed by atoms with Gasteiger partial charge in [-0.05, 0) is 58.1 Å². The third kappa shape index (κ3) is 5.02. The van der Waals surface area contributed by atoms with Crippen LogP contribution in [0.4, 0.5) is 0 Å². The van der Waals surface area contributed by atoms with Crippen LogP contribution < -0.4 is 5.32 Å². The van der Waals surface area contributed by atoms with E-state index in [1.807, 2.05) is 11.3 Å². The SMILES string of the molecule is CCNC(Cc1sccc1Br)CC(C)C(C)(C)C. The van der Waals surface area contributed by atoms with Crippen LogP contribution in [0.1, 0.15) is 45.9 Å². The Balaban J connectivity index is 2.63. The van der Waals surface area contributed by atoms with Gasteiger partial charge in [-0.2, -0.15) is 0 Å². The van der Waals surface area contributed by atoms with Gasteiger partial charge in [0.1, 0.15) is 0 Å². The molecule has 3 heteroatoms. The molecule has 1 nitrogen and oxygen atoms in total. The fraction of sp³-hybridized carbons (Fsp3) is 0.733. The molecule has 0 aliphatic carbocycles. The van der Waals surface area contributed by atoms with Crippen molar-refractivity contribution in [2.45, 2.75) is 53.5 Å². The van der Waals surface area contributed by atoms with Gasteiger partial charge in [0, 0.05) is 15.4 Å². The van der Waals surface area contributed by atoms with Gasteiger partial charge in [-0.1, -0.05) is 34.6 Å². The molecule has 2 atom stereocenters. The van der Waals surface area contributed by atoms with Crippen LogP contribution in [0.3, 0.4) is 0 Å². The van der Waals surface area contributed by atoms with Gasteiger partial charge in [-0.15, -0.1) is 11.3 Å². The van der Waals surface area contributed by atoms with E-state index in [0.29, 0.717) is 11.5 Å². The van der Waals surface area contributed by atoms with Crippen molar-refractivity contribution in [3.05, 3.63) is 20.8 Å². The van der Waals surface area contributed by atoms with E-state index in [0.717, 1.165) is 18.9 Å². The van der Waals surface area contributed by atoms with Crippen LogP contribution in [-0.4, -0.2) is 12.6 Å². The minimum absolute atomic E-state index is 0.389. The fourth-order valence-corrected chi connectivity index (χ4v) is 3.60. The molecule has 1 rings (SSSR count). The van der Waals surface area contributed by atoms with Crippen LogP contribution in [0.2, 0.25) is 0 Å². The van der Waals surface area contributed by atoms with Crippen LogP contribution in [0.5, 0.6) is 0 Å². The summed E-state index contributed by atoms with van der Waals surface area (Å²) in [6.07, 6.45) is 2.37. The molecule has 0 radical (unpaired) electrons. The van der Waals surface area contributed by atoms with Crippen molar-refractivity contribution >= 4 is 27.3 Å². The summed E-state index contributed by atoms with van der Waals surface area (Å²) in [6.45, 7) is 12.6. The zero-order valence-corrected chi connectivity index (χ0v) is 14.6. The highest BCUT2D eigenvalue weighted by Crippen LogP contribution is 2.31. The molecular weight excluding hydrogens is 306 g/mol. The lowest BCUT2D eigenvalue weighted by molar-refractivity contribution is 0.223. The summed E-state index contributed by atoms with van der Waals surface area (Å²) < 4.78 is 1.26. The van der Waals surface area contributed by atoms with Crippen molar-refractivity contribution in [3.63, 3.8) is 0 Å². The third-order valence-electron chi connectivity index (χ3n) is 3.73. The van der Waals surface area contributed by atoms with E-state index in [2.05, 4.69) is 67.3 Å². The van der Waals surface area contributed by atoms with Crippen LogP contribution in [0.15, 0.2) is 15.9 Å². The van der Waals surface area contributed by atoms with E-state index in [9.17, 15) is 0 Å². The highest BCUT2D eigenvalue weighted by molar-refractivity contribution is 9.10. The first-order chi connectivity index (χ1) is 8.34. The molecular formula is C15H26BrNS. The predicted octanol–water partition coefficient (Wildman–Crippen LogP) is 5.10. The maximum absolute atomic E-state index is 3.64. The zero-order valence-electron chi connectivity index (χ0n) is 12.2. The van der Waals surface area contributed by atoms with Crippen LogP contribution in [0, 0.1) is 11.3 Å². The molecule has 1 heterocycles. The van der Waals surface area contributed by atoms with Gasteiger partial charge in [0.05, 0.1) is 0 Å². The van der Waals surface area contributed by atoms with Gasteiger partial charge < -0.3 is 5.32 Å². The first kappa shape index (κ1) is 16.2. The highest BCUT2D eigenvalue weighted by Gasteiger charge is 2.23. The summed E-state index contributed by atoms with van der Waals surface area (Å²) in [5.41, 5.74) is 0.389. The molecule has 18 heavy (non-hydrogen) atoms. The molecule has 0 spiro atoms. The molecule has 0 saturated heterocycles. The Bertz CT molecular complexity index is 354. The molecule has 1 aromatic heterocycles. The predicted molar refractivity (Wildman–Crippen MR) is 86.4 cm³/mol. The highest BCUT2D eigenvalue weighted by atomic mass is 79.9. The van der Waals surface area contributed by atoms with Crippen molar-refractivity contribution in [3.8, 4) is 0 Å². The maximum Gasteiger partial charge on any atom is 0.0314 e. The number of hydrogen-bond donors (Lipinski definition) is 1. The summed E-state index contributed by atoms with van der Waals surface area (Å²) in [5, 5.41) is 5.80. The Labute approximate surface area is 125 Å². The molecule has 0 aliphatic heterocycles. The molecule has 0 bridgehead atoms. The van der Waals surface area contributed by atoms with Gasteiger partial charge in [0.2, 0.25) is 0 Å². The van der Waals surface area contributed by atoms with Crippen molar-refractivity contribution in [2.75, 3.05) is 6.54 Å². The van der Waals surface area contributed by atoms with Crippen molar-refractivity contribution < 1.29 is 0 Å². The molecule has 1 N–H and O–H groups in total. The second kappa shape index (κ2) is 7.06. The largest absolute Gasteiger partial charge is 0.314 e. The molecule has 0 amide bonds. The zero-order chi connectivity index (χ0) is 13.8. The smallest absolute Gasteiger partial charge is 0.0314 e. The summed E-state index contributed by atoms with van der Waals surface area (Å²) in [7, 11) is 0. The van der Waals surface area contributed by atoms with E-state index >= 15 is 0 Å². The van der Waals surface area contributed by atoms with Crippen molar-refractivity contribution in [1.82, 2.24) is 5.32 Å². The number of likely N-dealkylation sites (N-methyl/N-ethyl adjacent to an activating group) is 1. The van der Waals surface area contributed by atoms with E-state index in [-0.39, 0.29) is 0 Å². The molecule has 0 fully saturated rings. The first-order valence-electron chi connectivity index (χ1n) is 6.79. The third-order valence-corrected chi connectivity index (χ3v) is 5.68. The molecule has 104 valence electrons. The quantitative estimate of drug-likeness (QED) is 0.764. The van der Waals surface area contributed by atoms with Crippen LogP contribution in [0.25, 0.3) is 0 Å². The lowest BCUT2D eigenvalue weighted by atomic mass is 9.78. The maximum atomic E-state index is 3.64. The summed E-state index contributed by atoms with van der Waals surface area (Å²) >= 11 is 5.49. The average molecular weight is 332 g/mol. The Morgan fingerprint density at radius 3 is 2.50 bits per heavy atom. The molecule has 2 unspecified atom stereocenters. The number of hydrogen-bond acceptors (Lipinski definition) is 2. The minimum Gasteiger partial charge on any atom is -0.314 e.